The lowest BCUT2D eigenvalue weighted by Gasteiger charge is -2.45. The van der Waals surface area contributed by atoms with Gasteiger partial charge in [-0.05, 0) is 42.0 Å². The molecule has 0 amide bonds. The van der Waals surface area contributed by atoms with Gasteiger partial charge in [0.2, 0.25) is 23.2 Å². The number of carboxylic acids is 1. The van der Waals surface area contributed by atoms with E-state index in [4.69, 9.17) is 32.8 Å². The number of hydrogen-bond acceptors (Lipinski definition) is 21. The second-order valence-corrected chi connectivity index (χ2v) is 13.1. The summed E-state index contributed by atoms with van der Waals surface area (Å²) in [5.74, 6) is -9.16. The Bertz CT molecular complexity index is 2320. The van der Waals surface area contributed by atoms with Gasteiger partial charge in [-0.3, -0.25) is 4.79 Å². The molecule has 316 valence electrons. The Balaban J connectivity index is 1.32. The van der Waals surface area contributed by atoms with Crippen LogP contribution in [0.3, 0.4) is 0 Å². The van der Waals surface area contributed by atoms with Crippen molar-refractivity contribution in [1.29, 1.82) is 0 Å². The van der Waals surface area contributed by atoms with Crippen LogP contribution in [0, 0.1) is 0 Å². The summed E-state index contributed by atoms with van der Waals surface area (Å²) in [6.45, 7) is -0.955. The Hall–Kier alpha value is -6.37. The zero-order chi connectivity index (χ0) is 43.0. The number of carboxylic acid groups (broad SMARTS) is 1. The summed E-state index contributed by atoms with van der Waals surface area (Å²) in [4.78, 5) is 39.4. The number of rotatable bonds is 11. The third kappa shape index (κ3) is 8.19. The van der Waals surface area contributed by atoms with Crippen LogP contribution in [0.4, 0.5) is 0 Å². The first-order valence-electron chi connectivity index (χ1n) is 17.2. The smallest absolute Gasteiger partial charge is 0.335 e. The molecule has 0 saturated carbocycles. The summed E-state index contributed by atoms with van der Waals surface area (Å²) < 4.78 is 38.3. The van der Waals surface area contributed by atoms with Gasteiger partial charge in [0.15, 0.2) is 58.8 Å². The molecule has 0 spiro atoms. The molecule has 3 heterocycles. The van der Waals surface area contributed by atoms with Gasteiger partial charge in [-0.1, -0.05) is 6.07 Å². The fraction of sp³-hybridized carbons (Fsp3) is 0.324. The van der Waals surface area contributed by atoms with Crippen LogP contribution in [-0.2, 0) is 28.5 Å². The first-order chi connectivity index (χ1) is 27.9. The minimum Gasteiger partial charge on any atom is -0.504 e. The summed E-state index contributed by atoms with van der Waals surface area (Å²) in [6.07, 6.45) is -19.3. The lowest BCUT2D eigenvalue weighted by molar-refractivity contribution is -0.348. The van der Waals surface area contributed by atoms with E-state index in [1.807, 2.05) is 0 Å². The van der Waals surface area contributed by atoms with Gasteiger partial charge in [-0.2, -0.15) is 0 Å². The predicted molar refractivity (Wildman–Crippen MR) is 191 cm³/mol. The largest absolute Gasteiger partial charge is 0.504 e. The maximum atomic E-state index is 13.9. The summed E-state index contributed by atoms with van der Waals surface area (Å²) in [5, 5.41) is 124. The molecule has 22 nitrogen and oxygen atoms in total. The number of aliphatic hydroxyl groups excluding tert-OH is 5. The third-order valence-corrected chi connectivity index (χ3v) is 9.31. The SMILES string of the molecule is COc1cc2oc(-c3ccc(O)c(O)c3)c(O[C@@H]3O[C@H](C(=O)O)[C@@H](O[C@@H]4O[C@H](CO)[C@@H](O)[C@H](O)[C@H]4OC(=O)/C=C\c4ccc(O)c(O)c4)[C@H](O)[C@H]3O)c(=O)c2c(O)c1O. The molecule has 2 saturated heterocycles. The van der Waals surface area contributed by atoms with Crippen molar-refractivity contribution in [3.8, 4) is 57.3 Å². The Morgan fingerprint density at radius 2 is 1.44 bits per heavy atom. The number of fused-ring (bicyclic) bond motifs is 1. The Morgan fingerprint density at radius 1 is 0.780 bits per heavy atom. The zero-order valence-electron chi connectivity index (χ0n) is 30.1. The molecule has 22 heteroatoms. The second-order valence-electron chi connectivity index (χ2n) is 13.1. The summed E-state index contributed by atoms with van der Waals surface area (Å²) in [6, 6.07) is 7.62. The number of methoxy groups -OCH3 is 1. The fourth-order valence-electron chi connectivity index (χ4n) is 6.23. The number of benzene rings is 3. The van der Waals surface area contributed by atoms with E-state index in [2.05, 4.69) is 0 Å². The number of ether oxygens (including phenoxy) is 6. The molecule has 0 bridgehead atoms. The quantitative estimate of drug-likeness (QED) is 0.0493. The van der Waals surface area contributed by atoms with Crippen molar-refractivity contribution >= 4 is 29.0 Å². The average Bonchev–Trinajstić information content (AvgIpc) is 3.20. The lowest BCUT2D eigenvalue weighted by Crippen LogP contribution is -2.66. The van der Waals surface area contributed by atoms with Crippen molar-refractivity contribution in [3.63, 3.8) is 0 Å². The van der Waals surface area contributed by atoms with E-state index in [9.17, 15) is 75.7 Å². The molecule has 6 rings (SSSR count). The highest BCUT2D eigenvalue weighted by Gasteiger charge is 2.54. The summed E-state index contributed by atoms with van der Waals surface area (Å²) in [5.41, 5.74) is -1.65. The highest BCUT2D eigenvalue weighted by molar-refractivity contribution is 5.91. The number of carbonyl (C=O) groups excluding carboxylic acids is 1. The van der Waals surface area contributed by atoms with Crippen molar-refractivity contribution in [3.05, 3.63) is 64.3 Å². The number of phenols is 6. The molecule has 0 unspecified atom stereocenters. The Labute approximate surface area is 329 Å². The number of hydrogen-bond donors (Lipinski definition) is 12. The fourth-order valence-corrected chi connectivity index (χ4v) is 6.23. The van der Waals surface area contributed by atoms with Gasteiger partial charge < -0.3 is 94.1 Å². The molecule has 10 atom stereocenters. The van der Waals surface area contributed by atoms with Gasteiger partial charge in [-0.15, -0.1) is 0 Å². The molecule has 12 N–H and O–H groups in total. The molecule has 0 radical (unpaired) electrons. The monoisotopic (exact) mass is 832 g/mol. The zero-order valence-corrected chi connectivity index (χ0v) is 30.1. The Kier molecular flexibility index (Phi) is 12.1. The number of carbonyl (C=O) groups is 2. The Morgan fingerprint density at radius 3 is 2.07 bits per heavy atom. The number of aliphatic hydroxyl groups is 5. The number of phenolic OH excluding ortho intramolecular Hbond substituents is 6. The first kappa shape index (κ1) is 42.2. The van der Waals surface area contributed by atoms with E-state index in [0.29, 0.717) is 0 Å². The van der Waals surface area contributed by atoms with Crippen LogP contribution in [0.25, 0.3) is 28.4 Å². The second kappa shape index (κ2) is 16.8. The van der Waals surface area contributed by atoms with Crippen molar-refractivity contribution < 1.29 is 104 Å². The van der Waals surface area contributed by atoms with E-state index in [0.717, 1.165) is 55.7 Å². The van der Waals surface area contributed by atoms with Gasteiger partial charge >= 0.3 is 11.9 Å². The molecule has 2 fully saturated rings. The van der Waals surface area contributed by atoms with Crippen molar-refractivity contribution in [1.82, 2.24) is 0 Å². The molecule has 59 heavy (non-hydrogen) atoms. The molecular formula is C37H36O22. The molecular weight excluding hydrogens is 796 g/mol. The van der Waals surface area contributed by atoms with E-state index >= 15 is 0 Å². The van der Waals surface area contributed by atoms with Crippen molar-refractivity contribution in [2.24, 2.45) is 0 Å². The maximum Gasteiger partial charge on any atom is 0.335 e. The van der Waals surface area contributed by atoms with Crippen LogP contribution in [-0.4, -0.2) is 148 Å². The van der Waals surface area contributed by atoms with Crippen LogP contribution in [0.1, 0.15) is 5.56 Å². The van der Waals surface area contributed by atoms with Gasteiger partial charge in [0, 0.05) is 17.7 Å². The van der Waals surface area contributed by atoms with Crippen LogP contribution in [0.2, 0.25) is 0 Å². The molecule has 1 aromatic heterocycles. The van der Waals surface area contributed by atoms with E-state index in [1.54, 1.807) is 0 Å². The number of aliphatic carboxylic acids is 1. The maximum absolute atomic E-state index is 13.9. The minimum atomic E-state index is -2.36. The minimum absolute atomic E-state index is 0.173. The number of esters is 1. The molecule has 2 aliphatic rings. The van der Waals surface area contributed by atoms with Gasteiger partial charge in [0.05, 0.1) is 13.7 Å². The van der Waals surface area contributed by atoms with E-state index in [-0.39, 0.29) is 16.9 Å². The molecule has 2 aliphatic heterocycles. The van der Waals surface area contributed by atoms with Crippen molar-refractivity contribution in [2.45, 2.75) is 61.4 Å². The van der Waals surface area contributed by atoms with Crippen LogP contribution >= 0.6 is 0 Å². The van der Waals surface area contributed by atoms with Crippen LogP contribution < -0.4 is 14.9 Å². The third-order valence-electron chi connectivity index (χ3n) is 9.31. The van der Waals surface area contributed by atoms with Crippen LogP contribution in [0.15, 0.2) is 57.8 Å². The van der Waals surface area contributed by atoms with Crippen LogP contribution in [0.5, 0.6) is 46.0 Å². The van der Waals surface area contributed by atoms with E-state index < -0.39 is 142 Å². The summed E-state index contributed by atoms with van der Waals surface area (Å²) in [7, 11) is 1.13. The predicted octanol–water partition coefficient (Wildman–Crippen LogP) is -0.938. The van der Waals surface area contributed by atoms with Gasteiger partial charge in [0.1, 0.15) is 47.6 Å². The lowest BCUT2D eigenvalue weighted by atomic mass is 9.96. The standard InChI is InChI=1S/C37H36O22/c1-53-19-10-18-22(25(46)23(19)44)26(47)31(30(54-18)13-4-6-15(40)17(42)9-13)57-36-29(50)28(49)32(34(59-36)35(51)52)58-37-33(27(48)24(45)20(11-38)55-37)56-21(43)7-3-12-2-5-14(39)16(41)8-12/h2-10,20,24,27-29,32-34,36-42,44-46,48-50H,11H2,1H3,(H,51,52)/b7-3-/t20-,24-,27+,28-,29-,32+,33-,34+,36-,37+/m1/s1. The highest BCUT2D eigenvalue weighted by Crippen LogP contribution is 2.44. The molecule has 3 aromatic carbocycles. The van der Waals surface area contributed by atoms with Crippen molar-refractivity contribution in [2.75, 3.05) is 13.7 Å². The molecule has 4 aromatic rings. The highest BCUT2D eigenvalue weighted by atomic mass is 16.8. The molecule has 0 aliphatic carbocycles. The summed E-state index contributed by atoms with van der Waals surface area (Å²) >= 11 is 0. The van der Waals surface area contributed by atoms with E-state index in [1.165, 1.54) is 6.07 Å². The van der Waals surface area contributed by atoms with Gasteiger partial charge in [0.25, 0.3) is 0 Å². The van der Waals surface area contributed by atoms with Gasteiger partial charge in [-0.25, -0.2) is 9.59 Å². The normalized spacial score (nSPS) is 27.1. The number of aromatic hydroxyl groups is 6. The first-order valence-corrected chi connectivity index (χ1v) is 17.2. The topological polar surface area (TPSA) is 362 Å². The average molecular weight is 833 g/mol.